The van der Waals surface area contributed by atoms with Gasteiger partial charge in [-0.3, -0.25) is 10.2 Å². The second-order valence-corrected chi connectivity index (χ2v) is 7.04. The van der Waals surface area contributed by atoms with Gasteiger partial charge in [0.1, 0.15) is 0 Å². The lowest BCUT2D eigenvalue weighted by atomic mass is 10.2. The molecule has 9 heteroatoms. The average Bonchev–Trinajstić information content (AvgIpc) is 2.53. The first kappa shape index (κ1) is 16.9. The van der Waals surface area contributed by atoms with Crippen LogP contribution in [0.3, 0.4) is 0 Å². The van der Waals surface area contributed by atoms with E-state index in [-0.39, 0.29) is 16.6 Å². The summed E-state index contributed by atoms with van der Waals surface area (Å²) in [5.41, 5.74) is 9.17. The fourth-order valence-corrected chi connectivity index (χ4v) is 3.57. The molecule has 0 saturated heterocycles. The quantitative estimate of drug-likeness (QED) is 0.510. The van der Waals surface area contributed by atoms with Gasteiger partial charge in [-0.05, 0) is 52.4 Å². The smallest absolute Gasteiger partial charge is 0.281 e. The minimum Gasteiger partial charge on any atom is -0.375 e. The summed E-state index contributed by atoms with van der Waals surface area (Å²) >= 11 is 11.7. The maximum absolute atomic E-state index is 12.8. The summed E-state index contributed by atoms with van der Waals surface area (Å²) in [6.07, 6.45) is 0. The number of para-hydroxylation sites is 1. The van der Waals surface area contributed by atoms with Crippen molar-refractivity contribution in [3.05, 3.63) is 61.8 Å². The lowest BCUT2D eigenvalue weighted by Gasteiger charge is -2.16. The number of rotatable bonds is 3. The summed E-state index contributed by atoms with van der Waals surface area (Å²) in [6, 6.07) is 12.9. The number of anilines is 2. The highest BCUT2D eigenvalue weighted by atomic mass is 79.9. The molecular formula is C15H11Br2N5OS. The molecule has 0 aliphatic carbocycles. The molecule has 1 heterocycles. The summed E-state index contributed by atoms with van der Waals surface area (Å²) in [7, 11) is 0. The summed E-state index contributed by atoms with van der Waals surface area (Å²) in [5.74, 6) is 0.273. The summed E-state index contributed by atoms with van der Waals surface area (Å²) in [6.45, 7) is 0. The number of hydrogen-bond acceptors (Lipinski definition) is 4. The van der Waals surface area contributed by atoms with Crippen LogP contribution in [0, 0.1) is 0 Å². The highest BCUT2D eigenvalue weighted by molar-refractivity contribution is 9.11. The molecule has 0 bridgehead atoms. The van der Waals surface area contributed by atoms with Crippen molar-refractivity contribution in [1.29, 1.82) is 0 Å². The van der Waals surface area contributed by atoms with E-state index in [0.717, 1.165) is 10.2 Å². The number of nitrogens with zero attached hydrogens (tertiary/aromatic N) is 2. The number of nitrogens with two attached hydrogens (primary N) is 1. The predicted molar refractivity (Wildman–Crippen MR) is 107 cm³/mol. The van der Waals surface area contributed by atoms with Gasteiger partial charge in [0.15, 0.2) is 5.11 Å². The Hall–Kier alpha value is -1.97. The zero-order valence-electron chi connectivity index (χ0n) is 12.1. The molecule has 0 saturated carbocycles. The molecule has 24 heavy (non-hydrogen) atoms. The molecule has 3 rings (SSSR count). The predicted octanol–water partition coefficient (Wildman–Crippen LogP) is 3.45. The van der Waals surface area contributed by atoms with Gasteiger partial charge in [-0.2, -0.15) is 4.68 Å². The lowest BCUT2D eigenvalue weighted by Crippen LogP contribution is -2.37. The van der Waals surface area contributed by atoms with Crippen LogP contribution in [0.1, 0.15) is 0 Å². The number of nitrogens with one attached hydrogen (secondary N) is 2. The zero-order chi connectivity index (χ0) is 17.3. The van der Waals surface area contributed by atoms with Crippen LogP contribution < -0.4 is 22.0 Å². The van der Waals surface area contributed by atoms with Crippen molar-refractivity contribution in [2.24, 2.45) is 5.73 Å². The topological polar surface area (TPSA) is 85.0 Å². The molecule has 122 valence electrons. The Balaban J connectivity index is 2.25. The van der Waals surface area contributed by atoms with Crippen LogP contribution in [-0.4, -0.2) is 14.8 Å². The maximum atomic E-state index is 12.8. The van der Waals surface area contributed by atoms with Gasteiger partial charge in [0.25, 0.3) is 5.56 Å². The van der Waals surface area contributed by atoms with Crippen molar-refractivity contribution < 1.29 is 0 Å². The number of aromatic nitrogens is 2. The van der Waals surface area contributed by atoms with Crippen LogP contribution in [-0.2, 0) is 0 Å². The molecule has 1 aromatic heterocycles. The third-order valence-electron chi connectivity index (χ3n) is 3.14. The fraction of sp³-hybridized carbons (Fsp3) is 0. The highest BCUT2D eigenvalue weighted by Crippen LogP contribution is 2.26. The van der Waals surface area contributed by atoms with Crippen LogP contribution in [0.25, 0.3) is 10.9 Å². The Morgan fingerprint density at radius 3 is 2.58 bits per heavy atom. The van der Waals surface area contributed by atoms with Crippen LogP contribution in [0.5, 0.6) is 0 Å². The van der Waals surface area contributed by atoms with E-state index < -0.39 is 0 Å². The number of thiocarbonyl (C=S) groups is 1. The van der Waals surface area contributed by atoms with Crippen LogP contribution in [0.4, 0.5) is 11.6 Å². The van der Waals surface area contributed by atoms with E-state index in [2.05, 4.69) is 47.6 Å². The fourth-order valence-electron chi connectivity index (χ4n) is 2.16. The Labute approximate surface area is 159 Å². The number of fused-ring (bicyclic) bond motifs is 1. The largest absolute Gasteiger partial charge is 0.375 e. The van der Waals surface area contributed by atoms with Crippen molar-refractivity contribution in [1.82, 2.24) is 9.66 Å². The minimum atomic E-state index is -0.326. The Morgan fingerprint density at radius 2 is 1.92 bits per heavy atom. The summed E-state index contributed by atoms with van der Waals surface area (Å²) < 4.78 is 2.64. The van der Waals surface area contributed by atoms with Crippen molar-refractivity contribution in [2.75, 3.05) is 10.7 Å². The first-order chi connectivity index (χ1) is 11.5. The van der Waals surface area contributed by atoms with Crippen LogP contribution in [0.2, 0.25) is 0 Å². The van der Waals surface area contributed by atoms with Gasteiger partial charge in [0.05, 0.1) is 10.9 Å². The molecule has 0 radical (unpaired) electrons. The molecule has 0 fully saturated rings. The SMILES string of the molecule is NC(=S)Nn1c(Nc2ccccc2)nc2c(Br)cc(Br)cc2c1=O. The molecule has 0 atom stereocenters. The average molecular weight is 469 g/mol. The molecule has 3 aromatic rings. The van der Waals surface area contributed by atoms with E-state index in [1.165, 1.54) is 4.68 Å². The molecule has 0 amide bonds. The van der Waals surface area contributed by atoms with Gasteiger partial charge in [-0.15, -0.1) is 0 Å². The second kappa shape index (κ2) is 6.88. The Bertz CT molecular complexity index is 991. The summed E-state index contributed by atoms with van der Waals surface area (Å²) in [4.78, 5) is 17.4. The van der Waals surface area contributed by atoms with Gasteiger partial charge in [-0.25, -0.2) is 4.98 Å². The molecule has 0 spiro atoms. The van der Waals surface area contributed by atoms with E-state index in [1.807, 2.05) is 36.4 Å². The van der Waals surface area contributed by atoms with Crippen LogP contribution >= 0.6 is 44.1 Å². The third-order valence-corrected chi connectivity index (χ3v) is 4.30. The lowest BCUT2D eigenvalue weighted by molar-refractivity contribution is 0.906. The number of halogens is 2. The third kappa shape index (κ3) is 3.42. The Morgan fingerprint density at radius 1 is 1.21 bits per heavy atom. The normalized spacial score (nSPS) is 10.6. The first-order valence-corrected chi connectivity index (χ1v) is 8.75. The Kier molecular flexibility index (Phi) is 4.83. The standard InChI is InChI=1S/C15H11Br2N5OS/c16-8-6-10-12(11(17)7-8)20-15(19-9-4-2-1-3-5-9)22(13(10)23)21-14(18)24/h1-7H,(H,19,20)(H3,18,21,24). The van der Waals surface area contributed by atoms with E-state index in [9.17, 15) is 4.79 Å². The van der Waals surface area contributed by atoms with Gasteiger partial charge in [-0.1, -0.05) is 34.1 Å². The van der Waals surface area contributed by atoms with E-state index >= 15 is 0 Å². The minimum absolute atomic E-state index is 0.0385. The van der Waals surface area contributed by atoms with Crippen molar-refractivity contribution in [2.45, 2.75) is 0 Å². The van der Waals surface area contributed by atoms with Gasteiger partial charge < -0.3 is 11.1 Å². The van der Waals surface area contributed by atoms with E-state index in [4.69, 9.17) is 18.0 Å². The van der Waals surface area contributed by atoms with Gasteiger partial charge in [0.2, 0.25) is 5.95 Å². The van der Waals surface area contributed by atoms with E-state index in [0.29, 0.717) is 15.4 Å². The molecule has 2 aromatic carbocycles. The maximum Gasteiger partial charge on any atom is 0.281 e. The van der Waals surface area contributed by atoms with Crippen molar-refractivity contribution in [3.63, 3.8) is 0 Å². The monoisotopic (exact) mass is 467 g/mol. The number of hydrogen-bond donors (Lipinski definition) is 3. The van der Waals surface area contributed by atoms with Gasteiger partial charge in [0, 0.05) is 14.6 Å². The zero-order valence-corrected chi connectivity index (χ0v) is 16.1. The summed E-state index contributed by atoms with van der Waals surface area (Å²) in [5, 5.41) is 3.47. The highest BCUT2D eigenvalue weighted by Gasteiger charge is 2.14. The van der Waals surface area contributed by atoms with Crippen molar-refractivity contribution >= 4 is 71.7 Å². The van der Waals surface area contributed by atoms with Gasteiger partial charge >= 0.3 is 0 Å². The molecule has 0 aliphatic rings. The second-order valence-electron chi connectivity index (χ2n) is 4.83. The molecule has 0 aliphatic heterocycles. The van der Waals surface area contributed by atoms with Crippen molar-refractivity contribution in [3.8, 4) is 0 Å². The molecule has 4 N–H and O–H groups in total. The molecule has 0 unspecified atom stereocenters. The molecule has 6 nitrogen and oxygen atoms in total. The number of benzene rings is 2. The first-order valence-electron chi connectivity index (χ1n) is 6.76. The van der Waals surface area contributed by atoms with E-state index in [1.54, 1.807) is 6.07 Å². The molecular weight excluding hydrogens is 458 g/mol. The van der Waals surface area contributed by atoms with Crippen LogP contribution in [0.15, 0.2) is 56.2 Å².